The maximum absolute atomic E-state index is 6.67. The van der Waals surface area contributed by atoms with Crippen LogP contribution in [-0.4, -0.2) is 11.3 Å². The number of aliphatic imine (C=N–C) groups is 1. The highest BCUT2D eigenvalue weighted by Gasteiger charge is 2.40. The third-order valence-corrected chi connectivity index (χ3v) is 4.52. The van der Waals surface area contributed by atoms with E-state index in [4.69, 9.17) is 11.5 Å². The molecule has 0 radical (unpaired) electrons. The first-order valence-electron chi connectivity index (χ1n) is 6.94. The van der Waals surface area contributed by atoms with Gasteiger partial charge < -0.3 is 16.8 Å². The lowest BCUT2D eigenvalue weighted by Gasteiger charge is -2.43. The molecule has 2 aliphatic rings. The fourth-order valence-electron chi connectivity index (χ4n) is 3.24. The first-order chi connectivity index (χ1) is 9.09. The number of hydrogen-bond acceptors (Lipinski definition) is 5. The Labute approximate surface area is 113 Å². The Kier molecular flexibility index (Phi) is 2.93. The molecular formula is C14H21N5. The summed E-state index contributed by atoms with van der Waals surface area (Å²) < 4.78 is 0. The number of nitrogens with two attached hydrogens (primary N) is 2. The molecule has 5 heteroatoms. The van der Waals surface area contributed by atoms with E-state index < -0.39 is 5.66 Å². The van der Waals surface area contributed by atoms with Gasteiger partial charge in [0.1, 0.15) is 11.5 Å². The second kappa shape index (κ2) is 4.49. The highest BCUT2D eigenvalue weighted by Crippen LogP contribution is 2.42. The zero-order valence-electron chi connectivity index (χ0n) is 11.3. The average molecular weight is 259 g/mol. The molecule has 19 heavy (non-hydrogen) atoms. The largest absolute Gasteiger partial charge is 0.384 e. The van der Waals surface area contributed by atoms with Crippen LogP contribution in [0.2, 0.25) is 0 Å². The van der Waals surface area contributed by atoms with Crippen LogP contribution in [0.5, 0.6) is 0 Å². The molecule has 0 saturated heterocycles. The van der Waals surface area contributed by atoms with Crippen LogP contribution in [0.3, 0.4) is 0 Å². The number of nitrogens with one attached hydrogen (secondary N) is 1. The molecule has 0 amide bonds. The van der Waals surface area contributed by atoms with Gasteiger partial charge in [-0.2, -0.15) is 0 Å². The molecule has 0 bridgehead atoms. The van der Waals surface area contributed by atoms with Gasteiger partial charge in [-0.25, -0.2) is 9.98 Å². The highest BCUT2D eigenvalue weighted by molar-refractivity contribution is 5.70. The number of fused-ring (bicyclic) bond motifs is 1. The number of anilines is 1. The fraction of sp³-hybridized carbons (Fsp3) is 0.571. The number of rotatable bonds is 1. The van der Waals surface area contributed by atoms with Gasteiger partial charge in [0.15, 0.2) is 0 Å². The molecule has 5 nitrogen and oxygen atoms in total. The molecule has 0 aromatic carbocycles. The monoisotopic (exact) mass is 259 g/mol. The summed E-state index contributed by atoms with van der Waals surface area (Å²) >= 11 is 0. The van der Waals surface area contributed by atoms with E-state index in [1.54, 1.807) is 12.5 Å². The Morgan fingerprint density at radius 1 is 1.32 bits per heavy atom. The topological polar surface area (TPSA) is 89.3 Å². The number of nitrogen functional groups attached to an aromatic ring is 1. The van der Waals surface area contributed by atoms with Crippen LogP contribution in [0.25, 0.3) is 0 Å². The van der Waals surface area contributed by atoms with Crippen molar-refractivity contribution in [1.82, 2.24) is 10.3 Å². The van der Waals surface area contributed by atoms with Crippen LogP contribution in [0.15, 0.2) is 17.3 Å². The van der Waals surface area contributed by atoms with Crippen molar-refractivity contribution in [2.75, 3.05) is 5.73 Å². The summed E-state index contributed by atoms with van der Waals surface area (Å²) in [7, 11) is 0. The van der Waals surface area contributed by atoms with Gasteiger partial charge >= 0.3 is 0 Å². The Balaban J connectivity index is 1.96. The minimum atomic E-state index is -0.561. The zero-order chi connectivity index (χ0) is 13.5. The molecule has 0 spiro atoms. The van der Waals surface area contributed by atoms with Crippen molar-refractivity contribution in [2.24, 2.45) is 22.6 Å². The Bertz CT molecular complexity index is 505. The number of nitrogens with zero attached hydrogens (tertiary/aromatic N) is 2. The lowest BCUT2D eigenvalue weighted by atomic mass is 9.73. The summed E-state index contributed by atoms with van der Waals surface area (Å²) in [5.41, 5.74) is 13.7. The van der Waals surface area contributed by atoms with E-state index in [1.165, 1.54) is 12.8 Å². The van der Waals surface area contributed by atoms with E-state index >= 15 is 0 Å². The molecule has 1 saturated carbocycles. The first kappa shape index (κ1) is 12.4. The van der Waals surface area contributed by atoms with Gasteiger partial charge in [0.2, 0.25) is 0 Å². The summed E-state index contributed by atoms with van der Waals surface area (Å²) in [5.74, 6) is 1.71. The molecule has 2 heterocycles. The predicted molar refractivity (Wildman–Crippen MR) is 76.9 cm³/mol. The maximum Gasteiger partial charge on any atom is 0.123 e. The molecule has 1 aromatic rings. The highest BCUT2D eigenvalue weighted by atomic mass is 15.2. The quantitative estimate of drug-likeness (QED) is 0.718. The third-order valence-electron chi connectivity index (χ3n) is 4.52. The molecule has 1 fully saturated rings. The second-order valence-electron chi connectivity index (χ2n) is 5.85. The Morgan fingerprint density at radius 2 is 2.05 bits per heavy atom. The molecule has 102 valence electrons. The van der Waals surface area contributed by atoms with Crippen molar-refractivity contribution < 1.29 is 0 Å². The van der Waals surface area contributed by atoms with Crippen molar-refractivity contribution in [3.8, 4) is 0 Å². The van der Waals surface area contributed by atoms with E-state index in [-0.39, 0.29) is 0 Å². The first-order valence-corrected chi connectivity index (χ1v) is 6.94. The van der Waals surface area contributed by atoms with Crippen LogP contribution < -0.4 is 16.8 Å². The number of pyridine rings is 1. The van der Waals surface area contributed by atoms with Crippen molar-refractivity contribution in [3.05, 3.63) is 17.8 Å². The minimum absolute atomic E-state index is 0.413. The van der Waals surface area contributed by atoms with Gasteiger partial charge in [0.05, 0.1) is 18.2 Å². The van der Waals surface area contributed by atoms with E-state index in [0.29, 0.717) is 11.7 Å². The Hall–Kier alpha value is -1.62. The molecule has 5 N–H and O–H groups in total. The molecule has 1 unspecified atom stereocenters. The van der Waals surface area contributed by atoms with E-state index in [9.17, 15) is 0 Å². The van der Waals surface area contributed by atoms with Crippen molar-refractivity contribution in [3.63, 3.8) is 0 Å². The molecule has 1 aromatic heterocycles. The van der Waals surface area contributed by atoms with Crippen LogP contribution in [0.4, 0.5) is 11.5 Å². The Morgan fingerprint density at radius 3 is 2.79 bits per heavy atom. The van der Waals surface area contributed by atoms with Gasteiger partial charge in [0.25, 0.3) is 0 Å². The minimum Gasteiger partial charge on any atom is -0.384 e. The van der Waals surface area contributed by atoms with Crippen LogP contribution in [0.1, 0.15) is 38.2 Å². The van der Waals surface area contributed by atoms with Gasteiger partial charge in [0, 0.05) is 5.56 Å². The summed E-state index contributed by atoms with van der Waals surface area (Å²) in [4.78, 5) is 8.40. The molecule has 3 rings (SSSR count). The lowest BCUT2D eigenvalue weighted by Crippen LogP contribution is -2.57. The maximum atomic E-state index is 6.67. The van der Waals surface area contributed by atoms with Crippen LogP contribution in [0, 0.1) is 11.8 Å². The van der Waals surface area contributed by atoms with E-state index in [2.05, 4.69) is 22.2 Å². The average Bonchev–Trinajstić information content (AvgIpc) is 2.40. The summed E-state index contributed by atoms with van der Waals surface area (Å²) in [5, 5.41) is 3.27. The summed E-state index contributed by atoms with van der Waals surface area (Å²) in [6.45, 7) is 2.31. The number of aromatic nitrogens is 1. The molecule has 1 atom stereocenters. The van der Waals surface area contributed by atoms with Crippen LogP contribution >= 0.6 is 0 Å². The van der Waals surface area contributed by atoms with Crippen molar-refractivity contribution in [1.29, 1.82) is 0 Å². The van der Waals surface area contributed by atoms with Crippen molar-refractivity contribution >= 4 is 17.8 Å². The molecule has 1 aliphatic carbocycles. The third kappa shape index (κ3) is 2.08. The number of hydrogen-bond donors (Lipinski definition) is 3. The smallest absolute Gasteiger partial charge is 0.123 e. The van der Waals surface area contributed by atoms with E-state index in [0.717, 1.165) is 30.0 Å². The SMILES string of the molecule is C[C@H]1CC[C@H](C2(N)NC=Nc3cnc(N)cc32)CC1. The van der Waals surface area contributed by atoms with Gasteiger partial charge in [-0.15, -0.1) is 0 Å². The standard InChI is InChI=1S/C14H21N5/c1-9-2-4-10(5-3-9)14(16)11-6-13(15)17-7-12(11)18-8-19-14/h6-10H,2-5,16H2,1H3,(H2,15,17)(H,18,19)/t9-,10-,14?. The summed E-state index contributed by atoms with van der Waals surface area (Å²) in [6.07, 6.45) is 8.14. The molecule has 1 aliphatic heterocycles. The lowest BCUT2D eigenvalue weighted by molar-refractivity contribution is 0.165. The van der Waals surface area contributed by atoms with Crippen LogP contribution in [-0.2, 0) is 5.66 Å². The van der Waals surface area contributed by atoms with Gasteiger partial charge in [-0.3, -0.25) is 0 Å². The predicted octanol–water partition coefficient (Wildman–Crippen LogP) is 1.86. The summed E-state index contributed by atoms with van der Waals surface area (Å²) in [6, 6.07) is 1.86. The van der Waals surface area contributed by atoms with E-state index in [1.807, 2.05) is 6.07 Å². The fourth-order valence-corrected chi connectivity index (χ4v) is 3.24. The van der Waals surface area contributed by atoms with Gasteiger partial charge in [-0.1, -0.05) is 19.8 Å². The normalized spacial score (nSPS) is 33.6. The molecular weight excluding hydrogens is 238 g/mol. The second-order valence-corrected chi connectivity index (χ2v) is 5.85. The van der Waals surface area contributed by atoms with Crippen molar-refractivity contribution in [2.45, 2.75) is 38.3 Å². The zero-order valence-corrected chi connectivity index (χ0v) is 11.3. The van der Waals surface area contributed by atoms with Gasteiger partial charge in [-0.05, 0) is 30.7 Å².